The highest BCUT2D eigenvalue weighted by Gasteiger charge is 2.11. The quantitative estimate of drug-likeness (QED) is 0.450. The van der Waals surface area contributed by atoms with Crippen molar-refractivity contribution in [2.24, 2.45) is 0 Å². The van der Waals surface area contributed by atoms with Crippen molar-refractivity contribution in [2.45, 2.75) is 32.6 Å². The first-order valence-corrected chi connectivity index (χ1v) is 5.87. The highest BCUT2D eigenvalue weighted by atomic mass is 16.4. The number of allylic oxidation sites excluding steroid dienone is 1. The van der Waals surface area contributed by atoms with E-state index in [1.807, 2.05) is 6.08 Å². The Bertz CT molecular complexity index is 247. The van der Waals surface area contributed by atoms with Crippen LogP contribution in [0.3, 0.4) is 0 Å². The summed E-state index contributed by atoms with van der Waals surface area (Å²) in [4.78, 5) is 22.4. The van der Waals surface area contributed by atoms with E-state index in [-0.39, 0.29) is 13.1 Å². The van der Waals surface area contributed by atoms with Gasteiger partial charge in [0.15, 0.2) is 0 Å². The molecule has 0 aliphatic heterocycles. The molecule has 5 nitrogen and oxygen atoms in total. The van der Waals surface area contributed by atoms with Crippen molar-refractivity contribution in [3.05, 3.63) is 12.2 Å². The summed E-state index contributed by atoms with van der Waals surface area (Å²) in [6, 6.07) is 0. The number of carboxylic acids is 2. The molecular weight excluding hydrogens is 222 g/mol. The van der Waals surface area contributed by atoms with E-state index in [0.29, 0.717) is 13.0 Å². The van der Waals surface area contributed by atoms with Crippen LogP contribution in [0.15, 0.2) is 12.2 Å². The van der Waals surface area contributed by atoms with E-state index in [4.69, 9.17) is 10.2 Å². The van der Waals surface area contributed by atoms with Crippen LogP contribution in [0.5, 0.6) is 0 Å². The molecule has 17 heavy (non-hydrogen) atoms. The number of hydrogen-bond acceptors (Lipinski definition) is 3. The summed E-state index contributed by atoms with van der Waals surface area (Å²) in [5.41, 5.74) is 0. The lowest BCUT2D eigenvalue weighted by Crippen LogP contribution is -2.35. The molecule has 0 unspecified atom stereocenters. The van der Waals surface area contributed by atoms with E-state index in [9.17, 15) is 9.59 Å². The van der Waals surface area contributed by atoms with E-state index in [1.165, 1.54) is 4.90 Å². The van der Waals surface area contributed by atoms with Crippen LogP contribution in [0.2, 0.25) is 0 Å². The van der Waals surface area contributed by atoms with Gasteiger partial charge >= 0.3 is 11.9 Å². The average molecular weight is 243 g/mol. The number of rotatable bonds is 10. The summed E-state index contributed by atoms with van der Waals surface area (Å²) in [6.07, 6.45) is 8.03. The minimum atomic E-state index is -0.999. The molecule has 0 spiro atoms. The summed E-state index contributed by atoms with van der Waals surface area (Å²) in [6.45, 7) is 2.13. The van der Waals surface area contributed by atoms with Crippen LogP contribution in [0.25, 0.3) is 0 Å². The fourth-order valence-corrected chi connectivity index (χ4v) is 1.41. The first kappa shape index (κ1) is 15.6. The summed E-state index contributed by atoms with van der Waals surface area (Å²) >= 11 is 0. The van der Waals surface area contributed by atoms with Crippen molar-refractivity contribution in [1.29, 1.82) is 0 Å². The van der Waals surface area contributed by atoms with Crippen LogP contribution >= 0.6 is 0 Å². The maximum Gasteiger partial charge on any atom is 0.317 e. The van der Waals surface area contributed by atoms with Gasteiger partial charge in [-0.3, -0.25) is 14.5 Å². The summed E-state index contributed by atoms with van der Waals surface area (Å²) in [7, 11) is 0. The van der Waals surface area contributed by atoms with Gasteiger partial charge in [0.25, 0.3) is 0 Å². The molecule has 0 fully saturated rings. The molecule has 0 aromatic heterocycles. The third-order valence-electron chi connectivity index (χ3n) is 2.22. The Morgan fingerprint density at radius 1 is 1.06 bits per heavy atom. The van der Waals surface area contributed by atoms with Crippen LogP contribution < -0.4 is 0 Å². The molecule has 0 amide bonds. The van der Waals surface area contributed by atoms with Gasteiger partial charge in [0.05, 0.1) is 13.1 Å². The molecule has 5 heteroatoms. The normalized spacial score (nSPS) is 11.2. The zero-order valence-electron chi connectivity index (χ0n) is 10.3. The molecule has 2 N–H and O–H groups in total. The van der Waals surface area contributed by atoms with Crippen LogP contribution in [0.1, 0.15) is 32.6 Å². The van der Waals surface area contributed by atoms with Crippen LogP contribution in [-0.4, -0.2) is 46.7 Å². The Balaban J connectivity index is 3.86. The topological polar surface area (TPSA) is 77.8 Å². The molecule has 0 saturated carbocycles. The molecule has 98 valence electrons. The van der Waals surface area contributed by atoms with E-state index < -0.39 is 11.9 Å². The van der Waals surface area contributed by atoms with Gasteiger partial charge in [0.1, 0.15) is 0 Å². The second kappa shape index (κ2) is 9.84. The average Bonchev–Trinajstić information content (AvgIpc) is 2.21. The second-order valence-corrected chi connectivity index (χ2v) is 3.90. The van der Waals surface area contributed by atoms with E-state index in [2.05, 4.69) is 13.0 Å². The Labute approximate surface area is 102 Å². The summed E-state index contributed by atoms with van der Waals surface area (Å²) in [5, 5.41) is 17.2. The lowest BCUT2D eigenvalue weighted by molar-refractivity contribution is -0.141. The Morgan fingerprint density at radius 3 is 2.06 bits per heavy atom. The predicted octanol–water partition coefficient (Wildman–Crippen LogP) is 1.59. The maximum atomic E-state index is 10.5. The molecule has 0 aliphatic rings. The van der Waals surface area contributed by atoms with Gasteiger partial charge in [-0.05, 0) is 12.8 Å². The van der Waals surface area contributed by atoms with Crippen molar-refractivity contribution in [1.82, 2.24) is 4.90 Å². The highest BCUT2D eigenvalue weighted by molar-refractivity contribution is 5.72. The smallest absolute Gasteiger partial charge is 0.317 e. The lowest BCUT2D eigenvalue weighted by Gasteiger charge is -2.16. The minimum Gasteiger partial charge on any atom is -0.480 e. The van der Waals surface area contributed by atoms with Crippen molar-refractivity contribution in [3.8, 4) is 0 Å². The van der Waals surface area contributed by atoms with E-state index in [1.54, 1.807) is 0 Å². The predicted molar refractivity (Wildman–Crippen MR) is 65.0 cm³/mol. The van der Waals surface area contributed by atoms with Gasteiger partial charge in [-0.2, -0.15) is 0 Å². The summed E-state index contributed by atoms with van der Waals surface area (Å²) < 4.78 is 0. The molecule has 0 rings (SSSR count). The molecule has 0 heterocycles. The Morgan fingerprint density at radius 2 is 1.59 bits per heavy atom. The summed E-state index contributed by atoms with van der Waals surface area (Å²) in [5.74, 6) is -2.00. The molecule has 0 aliphatic carbocycles. The van der Waals surface area contributed by atoms with E-state index >= 15 is 0 Å². The van der Waals surface area contributed by atoms with Crippen LogP contribution in [0.4, 0.5) is 0 Å². The van der Waals surface area contributed by atoms with Gasteiger partial charge < -0.3 is 10.2 Å². The zero-order valence-corrected chi connectivity index (χ0v) is 10.3. The van der Waals surface area contributed by atoms with Crippen molar-refractivity contribution < 1.29 is 19.8 Å². The molecule has 0 atom stereocenters. The zero-order chi connectivity index (χ0) is 13.1. The van der Waals surface area contributed by atoms with Crippen molar-refractivity contribution in [3.63, 3.8) is 0 Å². The van der Waals surface area contributed by atoms with Gasteiger partial charge in [0.2, 0.25) is 0 Å². The standard InChI is InChI=1S/C12H21NO4/c1-2-3-4-5-6-7-8-13(9-11(14)15)10-12(16)17/h5-6H,2-4,7-10H2,1H3,(H,14,15)(H,16,17)/b6-5+. The Hall–Kier alpha value is -1.36. The molecular formula is C12H21NO4. The molecule has 0 bridgehead atoms. The number of unbranched alkanes of at least 4 members (excludes halogenated alkanes) is 2. The van der Waals surface area contributed by atoms with Crippen LogP contribution in [-0.2, 0) is 9.59 Å². The van der Waals surface area contributed by atoms with Crippen molar-refractivity contribution >= 4 is 11.9 Å². The maximum absolute atomic E-state index is 10.5. The van der Waals surface area contributed by atoms with Gasteiger partial charge in [0, 0.05) is 6.54 Å². The second-order valence-electron chi connectivity index (χ2n) is 3.90. The number of nitrogens with zero attached hydrogens (tertiary/aromatic N) is 1. The molecule has 0 aromatic rings. The number of aliphatic carboxylic acids is 2. The fraction of sp³-hybridized carbons (Fsp3) is 0.667. The van der Waals surface area contributed by atoms with Gasteiger partial charge in [-0.25, -0.2) is 0 Å². The monoisotopic (exact) mass is 243 g/mol. The third kappa shape index (κ3) is 10.9. The highest BCUT2D eigenvalue weighted by Crippen LogP contribution is 1.98. The Kier molecular flexibility index (Phi) is 9.05. The van der Waals surface area contributed by atoms with Gasteiger partial charge in [-0.1, -0.05) is 31.9 Å². The largest absolute Gasteiger partial charge is 0.480 e. The number of carboxylic acid groups (broad SMARTS) is 2. The van der Waals surface area contributed by atoms with Crippen LogP contribution in [0, 0.1) is 0 Å². The SMILES string of the molecule is CCCC/C=C/CCN(CC(=O)O)CC(=O)O. The third-order valence-corrected chi connectivity index (χ3v) is 2.22. The van der Waals surface area contributed by atoms with E-state index in [0.717, 1.165) is 19.3 Å². The lowest BCUT2D eigenvalue weighted by atomic mass is 10.2. The fourth-order valence-electron chi connectivity index (χ4n) is 1.41. The minimum absolute atomic E-state index is 0.227. The van der Waals surface area contributed by atoms with Gasteiger partial charge in [-0.15, -0.1) is 0 Å². The molecule has 0 aromatic carbocycles. The molecule has 0 saturated heterocycles. The first-order chi connectivity index (χ1) is 8.06. The number of carbonyl (C=O) groups is 2. The molecule has 0 radical (unpaired) electrons. The van der Waals surface area contributed by atoms with Crippen molar-refractivity contribution in [2.75, 3.05) is 19.6 Å². The number of hydrogen-bond donors (Lipinski definition) is 2. The first-order valence-electron chi connectivity index (χ1n) is 5.87.